The molecule has 0 aromatic rings. The van der Waals surface area contributed by atoms with E-state index in [1.54, 1.807) is 5.57 Å². The minimum atomic E-state index is 0.833. The Morgan fingerprint density at radius 2 is 1.87 bits per heavy atom. The molecule has 0 saturated heterocycles. The number of unbranched alkanes of at least 4 members (excludes halogenated alkanes) is 3. The molecule has 0 nitrogen and oxygen atoms in total. The molecule has 0 amide bonds. The van der Waals surface area contributed by atoms with Crippen molar-refractivity contribution in [3.63, 3.8) is 0 Å². The maximum atomic E-state index is 2.37. The smallest absolute Gasteiger partial charge is 0.00174 e. The van der Waals surface area contributed by atoms with Crippen LogP contribution in [0.4, 0.5) is 0 Å². The Morgan fingerprint density at radius 3 is 2.13 bits per heavy atom. The van der Waals surface area contributed by atoms with Gasteiger partial charge in [-0.3, -0.25) is 0 Å². The van der Waals surface area contributed by atoms with Gasteiger partial charge in [0.25, 0.3) is 0 Å². The fraction of sp³-hybridized carbons (Fsp3) is 0.733. The molecule has 2 unspecified atom stereocenters. The molecule has 2 bridgehead atoms. The molecule has 2 aliphatic rings. The van der Waals surface area contributed by atoms with Gasteiger partial charge in [-0.05, 0) is 31.6 Å². The molecular weight excluding hydrogens is 180 g/mol. The Balaban J connectivity index is 0.000000167. The van der Waals surface area contributed by atoms with E-state index in [2.05, 4.69) is 39.0 Å². The molecular formula is C15H26. The van der Waals surface area contributed by atoms with Crippen molar-refractivity contribution >= 4 is 0 Å². The molecule has 1 fully saturated rings. The molecule has 0 radical (unpaired) electrons. The topological polar surface area (TPSA) is 0 Å². The molecule has 2 atom stereocenters. The summed E-state index contributed by atoms with van der Waals surface area (Å²) in [5.74, 6) is 1.74. The predicted octanol–water partition coefficient (Wildman–Crippen LogP) is 5.12. The van der Waals surface area contributed by atoms with Gasteiger partial charge in [0.05, 0.1) is 0 Å². The van der Waals surface area contributed by atoms with Gasteiger partial charge in [-0.2, -0.15) is 0 Å². The van der Waals surface area contributed by atoms with Gasteiger partial charge in [0.1, 0.15) is 0 Å². The van der Waals surface area contributed by atoms with Crippen molar-refractivity contribution in [1.29, 1.82) is 0 Å². The lowest BCUT2D eigenvalue weighted by molar-refractivity contribution is 0.693. The van der Waals surface area contributed by atoms with Gasteiger partial charge in [-0.25, -0.2) is 0 Å². The fourth-order valence-corrected chi connectivity index (χ4v) is 2.49. The standard InChI is InChI=1S/C9H12.C6H14/c1-2-8-5-7-3-4-9(8)6-7;1-3-5-6-4-2/h2-4,7,9H,5-6H2,1H3;3-6H2,1-2H3/b8-2-;. The van der Waals surface area contributed by atoms with Crippen molar-refractivity contribution < 1.29 is 0 Å². The van der Waals surface area contributed by atoms with E-state index in [9.17, 15) is 0 Å². The SMILES string of the molecule is C/C=C1/CC2C=CC1C2.CCCCCC. The number of hydrogen-bond acceptors (Lipinski definition) is 0. The molecule has 0 aromatic heterocycles. The lowest BCUT2D eigenvalue weighted by Crippen LogP contribution is -1.90. The van der Waals surface area contributed by atoms with E-state index in [4.69, 9.17) is 0 Å². The normalized spacial score (nSPS) is 29.4. The highest BCUT2D eigenvalue weighted by atomic mass is 14.3. The summed E-state index contributed by atoms with van der Waals surface area (Å²) in [7, 11) is 0. The van der Waals surface area contributed by atoms with Crippen LogP contribution in [-0.4, -0.2) is 0 Å². The molecule has 0 aliphatic heterocycles. The van der Waals surface area contributed by atoms with Crippen LogP contribution in [0.1, 0.15) is 59.3 Å². The van der Waals surface area contributed by atoms with Crippen LogP contribution >= 0.6 is 0 Å². The van der Waals surface area contributed by atoms with Crippen molar-refractivity contribution in [3.8, 4) is 0 Å². The molecule has 1 saturated carbocycles. The zero-order chi connectivity index (χ0) is 11.1. The van der Waals surface area contributed by atoms with Crippen molar-refractivity contribution in [1.82, 2.24) is 0 Å². The van der Waals surface area contributed by atoms with Gasteiger partial charge in [-0.1, -0.05) is 63.3 Å². The number of rotatable bonds is 3. The van der Waals surface area contributed by atoms with E-state index in [-0.39, 0.29) is 0 Å². The number of allylic oxidation sites excluding steroid dienone is 4. The summed E-state index contributed by atoms with van der Waals surface area (Å²) in [5.41, 5.74) is 1.67. The first-order valence-corrected chi connectivity index (χ1v) is 6.65. The van der Waals surface area contributed by atoms with Gasteiger partial charge in [-0.15, -0.1) is 0 Å². The van der Waals surface area contributed by atoms with Crippen molar-refractivity contribution in [2.45, 2.75) is 59.3 Å². The largest absolute Gasteiger partial charge is 0.0878 e. The Hall–Kier alpha value is -0.520. The maximum absolute atomic E-state index is 2.37. The second-order valence-corrected chi connectivity index (χ2v) is 4.76. The third-order valence-electron chi connectivity index (χ3n) is 3.47. The van der Waals surface area contributed by atoms with Gasteiger partial charge in [0.2, 0.25) is 0 Å². The van der Waals surface area contributed by atoms with E-state index in [1.807, 2.05) is 0 Å². The second kappa shape index (κ2) is 6.87. The lowest BCUT2D eigenvalue weighted by Gasteiger charge is -2.05. The minimum absolute atomic E-state index is 0.833. The molecule has 86 valence electrons. The summed E-state index contributed by atoms with van der Waals surface area (Å²) >= 11 is 0. The Labute approximate surface area is 95.5 Å². The highest BCUT2D eigenvalue weighted by Gasteiger charge is 2.29. The minimum Gasteiger partial charge on any atom is -0.0878 e. The van der Waals surface area contributed by atoms with Crippen molar-refractivity contribution in [2.24, 2.45) is 11.8 Å². The van der Waals surface area contributed by atoms with Gasteiger partial charge < -0.3 is 0 Å². The molecule has 0 heteroatoms. The number of fused-ring (bicyclic) bond motifs is 2. The van der Waals surface area contributed by atoms with Crippen LogP contribution in [0.2, 0.25) is 0 Å². The molecule has 2 aliphatic carbocycles. The van der Waals surface area contributed by atoms with Crippen LogP contribution in [0, 0.1) is 11.8 Å². The predicted molar refractivity (Wildman–Crippen MR) is 68.9 cm³/mol. The van der Waals surface area contributed by atoms with Crippen LogP contribution in [0.5, 0.6) is 0 Å². The third-order valence-corrected chi connectivity index (χ3v) is 3.47. The molecule has 2 rings (SSSR count). The zero-order valence-corrected chi connectivity index (χ0v) is 10.6. The van der Waals surface area contributed by atoms with E-state index >= 15 is 0 Å². The molecule has 0 aromatic carbocycles. The Kier molecular flexibility index (Phi) is 5.75. The first-order valence-electron chi connectivity index (χ1n) is 6.65. The van der Waals surface area contributed by atoms with Crippen molar-refractivity contribution in [3.05, 3.63) is 23.8 Å². The summed E-state index contributed by atoms with van der Waals surface area (Å²) in [6.07, 6.45) is 15.3. The second-order valence-electron chi connectivity index (χ2n) is 4.76. The first-order chi connectivity index (χ1) is 7.31. The Bertz CT molecular complexity index is 218. The zero-order valence-electron chi connectivity index (χ0n) is 10.6. The lowest BCUT2D eigenvalue weighted by atomic mass is 10.0. The summed E-state index contributed by atoms with van der Waals surface area (Å²) in [4.78, 5) is 0. The van der Waals surface area contributed by atoms with Crippen LogP contribution in [0.3, 0.4) is 0 Å². The van der Waals surface area contributed by atoms with Gasteiger partial charge >= 0.3 is 0 Å². The molecule has 0 N–H and O–H groups in total. The van der Waals surface area contributed by atoms with Crippen LogP contribution in [0.15, 0.2) is 23.8 Å². The highest BCUT2D eigenvalue weighted by Crippen LogP contribution is 2.42. The van der Waals surface area contributed by atoms with E-state index in [1.165, 1.54) is 38.5 Å². The average Bonchev–Trinajstić information content (AvgIpc) is 2.88. The van der Waals surface area contributed by atoms with E-state index in [0.717, 1.165) is 11.8 Å². The van der Waals surface area contributed by atoms with Crippen LogP contribution < -0.4 is 0 Å². The summed E-state index contributed by atoms with van der Waals surface area (Å²) < 4.78 is 0. The third kappa shape index (κ3) is 3.85. The van der Waals surface area contributed by atoms with Crippen molar-refractivity contribution in [2.75, 3.05) is 0 Å². The first kappa shape index (κ1) is 12.5. The summed E-state index contributed by atoms with van der Waals surface area (Å²) in [6.45, 7) is 6.62. The van der Waals surface area contributed by atoms with Gasteiger partial charge in [0.15, 0.2) is 0 Å². The molecule has 0 spiro atoms. The molecule has 0 heterocycles. The van der Waals surface area contributed by atoms with E-state index < -0.39 is 0 Å². The van der Waals surface area contributed by atoms with Crippen LogP contribution in [0.25, 0.3) is 0 Å². The molecule has 15 heavy (non-hydrogen) atoms. The summed E-state index contributed by atoms with van der Waals surface area (Å²) in [5, 5.41) is 0. The average molecular weight is 206 g/mol. The monoisotopic (exact) mass is 206 g/mol. The van der Waals surface area contributed by atoms with Crippen LogP contribution in [-0.2, 0) is 0 Å². The summed E-state index contributed by atoms with van der Waals surface area (Å²) in [6, 6.07) is 0. The van der Waals surface area contributed by atoms with Gasteiger partial charge in [0, 0.05) is 0 Å². The fourth-order valence-electron chi connectivity index (χ4n) is 2.49. The quantitative estimate of drug-likeness (QED) is 0.444. The van der Waals surface area contributed by atoms with E-state index in [0.29, 0.717) is 0 Å². The number of hydrogen-bond donors (Lipinski definition) is 0. The Morgan fingerprint density at radius 1 is 1.20 bits per heavy atom. The maximum Gasteiger partial charge on any atom is -0.00174 e. The highest BCUT2D eigenvalue weighted by molar-refractivity contribution is 5.26.